The van der Waals surface area contributed by atoms with Crippen LogP contribution in [0.15, 0.2) is 29.6 Å². The smallest absolute Gasteiger partial charge is 0.100 e. The summed E-state index contributed by atoms with van der Waals surface area (Å²) in [5, 5.41) is 3.34. The number of rotatable bonds is 2. The summed E-state index contributed by atoms with van der Waals surface area (Å²) in [4.78, 5) is 4.73. The van der Waals surface area contributed by atoms with Gasteiger partial charge < -0.3 is 5.73 Å². The van der Waals surface area contributed by atoms with Crippen LogP contribution < -0.4 is 5.73 Å². The average molecular weight is 258 g/mol. The summed E-state index contributed by atoms with van der Waals surface area (Å²) in [7, 11) is 0. The molecule has 2 unspecified atom stereocenters. The highest BCUT2D eigenvalue weighted by atomic mass is 32.1. The van der Waals surface area contributed by atoms with Crippen molar-refractivity contribution >= 4 is 11.3 Å². The van der Waals surface area contributed by atoms with Crippen LogP contribution in [0.4, 0.5) is 0 Å². The van der Waals surface area contributed by atoms with Crippen LogP contribution in [-0.4, -0.2) is 4.98 Å². The predicted molar refractivity (Wildman–Crippen MR) is 75.9 cm³/mol. The highest BCUT2D eigenvalue weighted by molar-refractivity contribution is 7.09. The standard InChI is InChI=1S/C15H18N2S/c1-10(16)14-9-18-15(17-14)13-8-4-6-11-5-2-3-7-12(11)13/h2-3,5,7,9-10,13H,4,6,8,16H2,1H3. The van der Waals surface area contributed by atoms with Gasteiger partial charge in [-0.05, 0) is 37.3 Å². The Morgan fingerprint density at radius 3 is 3.00 bits per heavy atom. The molecule has 0 saturated carbocycles. The van der Waals surface area contributed by atoms with Gasteiger partial charge in [0.15, 0.2) is 0 Å². The lowest BCUT2D eigenvalue weighted by atomic mass is 9.83. The molecule has 0 bridgehead atoms. The maximum atomic E-state index is 5.90. The van der Waals surface area contributed by atoms with Crippen LogP contribution in [0, 0.1) is 0 Å². The molecule has 2 aromatic rings. The van der Waals surface area contributed by atoms with E-state index in [0.29, 0.717) is 5.92 Å². The Kier molecular flexibility index (Phi) is 3.18. The molecule has 18 heavy (non-hydrogen) atoms. The van der Waals surface area contributed by atoms with E-state index in [-0.39, 0.29) is 6.04 Å². The SMILES string of the molecule is CC(N)c1csc(C2CCCc3ccccc32)n1. The number of nitrogens with two attached hydrogens (primary N) is 1. The van der Waals surface area contributed by atoms with Gasteiger partial charge in [0, 0.05) is 17.3 Å². The van der Waals surface area contributed by atoms with Gasteiger partial charge in [0.2, 0.25) is 0 Å². The van der Waals surface area contributed by atoms with Crippen molar-refractivity contribution in [2.75, 3.05) is 0 Å². The predicted octanol–water partition coefficient (Wildman–Crippen LogP) is 3.63. The monoisotopic (exact) mass is 258 g/mol. The maximum Gasteiger partial charge on any atom is 0.100 e. The molecule has 1 aliphatic carbocycles. The molecule has 1 heterocycles. The van der Waals surface area contributed by atoms with Gasteiger partial charge in [0.05, 0.1) is 5.69 Å². The Morgan fingerprint density at radius 1 is 1.39 bits per heavy atom. The third kappa shape index (κ3) is 2.08. The highest BCUT2D eigenvalue weighted by Gasteiger charge is 2.24. The third-order valence-electron chi connectivity index (χ3n) is 3.67. The van der Waals surface area contributed by atoms with E-state index >= 15 is 0 Å². The van der Waals surface area contributed by atoms with Crippen LogP contribution in [0.25, 0.3) is 0 Å². The van der Waals surface area contributed by atoms with Crippen molar-refractivity contribution in [1.82, 2.24) is 4.98 Å². The number of nitrogens with zero attached hydrogens (tertiary/aromatic N) is 1. The Labute approximate surface area is 112 Å². The number of thiazole rings is 1. The summed E-state index contributed by atoms with van der Waals surface area (Å²) in [6.07, 6.45) is 3.68. The molecule has 1 aliphatic rings. The van der Waals surface area contributed by atoms with Crippen molar-refractivity contribution in [3.8, 4) is 0 Å². The molecular formula is C15H18N2S. The van der Waals surface area contributed by atoms with Crippen molar-refractivity contribution in [2.24, 2.45) is 5.73 Å². The first-order valence-electron chi connectivity index (χ1n) is 6.54. The average Bonchev–Trinajstić information content (AvgIpc) is 2.87. The lowest BCUT2D eigenvalue weighted by Crippen LogP contribution is -2.11. The maximum absolute atomic E-state index is 5.90. The van der Waals surface area contributed by atoms with E-state index < -0.39 is 0 Å². The lowest BCUT2D eigenvalue weighted by molar-refractivity contribution is 0.610. The minimum atomic E-state index is 0.0360. The number of fused-ring (bicyclic) bond motifs is 1. The summed E-state index contributed by atoms with van der Waals surface area (Å²) < 4.78 is 0. The number of aromatic nitrogens is 1. The second-order valence-electron chi connectivity index (χ2n) is 5.04. The molecule has 0 radical (unpaired) electrons. The van der Waals surface area contributed by atoms with Crippen LogP contribution in [0.1, 0.15) is 53.6 Å². The van der Waals surface area contributed by atoms with E-state index in [1.165, 1.54) is 35.4 Å². The quantitative estimate of drug-likeness (QED) is 0.893. The van der Waals surface area contributed by atoms with Crippen LogP contribution in [0.5, 0.6) is 0 Å². The van der Waals surface area contributed by atoms with Crippen molar-refractivity contribution in [3.05, 3.63) is 51.5 Å². The minimum absolute atomic E-state index is 0.0360. The molecule has 0 amide bonds. The fourth-order valence-corrected chi connectivity index (χ4v) is 3.76. The number of aryl methyl sites for hydroxylation is 1. The number of benzene rings is 1. The number of hydrogen-bond acceptors (Lipinski definition) is 3. The molecule has 2 nitrogen and oxygen atoms in total. The van der Waals surface area contributed by atoms with Crippen molar-refractivity contribution in [1.29, 1.82) is 0 Å². The summed E-state index contributed by atoms with van der Waals surface area (Å²) in [5.74, 6) is 0.479. The molecule has 0 aliphatic heterocycles. The van der Waals surface area contributed by atoms with Gasteiger partial charge in [0.1, 0.15) is 5.01 Å². The molecule has 3 rings (SSSR count). The molecule has 2 N–H and O–H groups in total. The second-order valence-corrected chi connectivity index (χ2v) is 5.93. The van der Waals surface area contributed by atoms with E-state index in [1.54, 1.807) is 11.3 Å². The van der Waals surface area contributed by atoms with E-state index in [2.05, 4.69) is 29.6 Å². The zero-order valence-corrected chi connectivity index (χ0v) is 11.4. The molecule has 0 saturated heterocycles. The van der Waals surface area contributed by atoms with E-state index in [4.69, 9.17) is 10.7 Å². The van der Waals surface area contributed by atoms with Gasteiger partial charge in [0.25, 0.3) is 0 Å². The molecule has 1 aromatic carbocycles. The molecule has 0 fully saturated rings. The largest absolute Gasteiger partial charge is 0.323 e. The molecule has 1 aromatic heterocycles. The topological polar surface area (TPSA) is 38.9 Å². The van der Waals surface area contributed by atoms with Crippen LogP contribution >= 0.6 is 11.3 Å². The summed E-state index contributed by atoms with van der Waals surface area (Å²) in [6, 6.07) is 8.82. The first-order valence-corrected chi connectivity index (χ1v) is 7.42. The number of hydrogen-bond donors (Lipinski definition) is 1. The zero-order chi connectivity index (χ0) is 12.5. The van der Waals surface area contributed by atoms with Crippen molar-refractivity contribution in [2.45, 2.75) is 38.1 Å². The summed E-state index contributed by atoms with van der Waals surface area (Å²) in [6.45, 7) is 1.99. The molecular weight excluding hydrogens is 240 g/mol. The highest BCUT2D eigenvalue weighted by Crippen LogP contribution is 2.38. The van der Waals surface area contributed by atoms with E-state index in [1.807, 2.05) is 6.92 Å². The fourth-order valence-electron chi connectivity index (χ4n) is 2.68. The fraction of sp³-hybridized carbons (Fsp3) is 0.400. The Balaban J connectivity index is 1.97. The molecule has 2 atom stereocenters. The van der Waals surface area contributed by atoms with Crippen molar-refractivity contribution in [3.63, 3.8) is 0 Å². The van der Waals surface area contributed by atoms with Gasteiger partial charge in [-0.2, -0.15) is 0 Å². The summed E-state index contributed by atoms with van der Waals surface area (Å²) in [5.41, 5.74) is 9.88. The van der Waals surface area contributed by atoms with Crippen LogP contribution in [-0.2, 0) is 6.42 Å². The van der Waals surface area contributed by atoms with Gasteiger partial charge in [-0.1, -0.05) is 24.3 Å². The van der Waals surface area contributed by atoms with Crippen LogP contribution in [0.3, 0.4) is 0 Å². The van der Waals surface area contributed by atoms with Crippen LogP contribution in [0.2, 0.25) is 0 Å². The Hall–Kier alpha value is -1.19. The molecule has 0 spiro atoms. The normalized spacial score (nSPS) is 20.4. The third-order valence-corrected chi connectivity index (χ3v) is 4.65. The van der Waals surface area contributed by atoms with Gasteiger partial charge in [-0.15, -0.1) is 11.3 Å². The lowest BCUT2D eigenvalue weighted by Gasteiger charge is -2.23. The van der Waals surface area contributed by atoms with E-state index in [0.717, 1.165) is 5.69 Å². The zero-order valence-electron chi connectivity index (χ0n) is 10.6. The van der Waals surface area contributed by atoms with Gasteiger partial charge in [-0.3, -0.25) is 0 Å². The van der Waals surface area contributed by atoms with E-state index in [9.17, 15) is 0 Å². The Morgan fingerprint density at radius 2 is 2.22 bits per heavy atom. The van der Waals surface area contributed by atoms with Gasteiger partial charge in [-0.25, -0.2) is 4.98 Å². The first kappa shape index (κ1) is 11.9. The molecule has 94 valence electrons. The first-order chi connectivity index (χ1) is 8.75. The van der Waals surface area contributed by atoms with Crippen molar-refractivity contribution < 1.29 is 0 Å². The Bertz CT molecular complexity index is 545. The summed E-state index contributed by atoms with van der Waals surface area (Å²) >= 11 is 1.76. The second kappa shape index (κ2) is 4.82. The minimum Gasteiger partial charge on any atom is -0.323 e. The molecule has 3 heteroatoms. The van der Waals surface area contributed by atoms with Gasteiger partial charge >= 0.3 is 0 Å².